The highest BCUT2D eigenvalue weighted by Gasteiger charge is 2.23. The van der Waals surface area contributed by atoms with Crippen molar-refractivity contribution in [2.45, 2.75) is 19.5 Å². The molecule has 0 unspecified atom stereocenters. The van der Waals surface area contributed by atoms with Crippen molar-refractivity contribution in [1.82, 2.24) is 14.7 Å². The van der Waals surface area contributed by atoms with Crippen molar-refractivity contribution < 1.29 is 18.7 Å². The maximum atomic E-state index is 13.6. The lowest BCUT2D eigenvalue weighted by atomic mass is 10.2. The molecule has 0 spiro atoms. The molecule has 1 aliphatic heterocycles. The van der Waals surface area contributed by atoms with Gasteiger partial charge in [-0.05, 0) is 42.3 Å². The van der Waals surface area contributed by atoms with E-state index in [9.17, 15) is 9.59 Å². The molecular formula is C28H32Cl2N4O4. The third-order valence-corrected chi connectivity index (χ3v) is 7.03. The lowest BCUT2D eigenvalue weighted by Crippen LogP contribution is -2.45. The fraction of sp³-hybridized carbons (Fsp3) is 0.357. The van der Waals surface area contributed by atoms with E-state index < -0.39 is 0 Å². The number of anilines is 1. The van der Waals surface area contributed by atoms with E-state index in [2.05, 4.69) is 10.2 Å². The maximum Gasteiger partial charge on any atom is 0.322 e. The molecule has 0 atom stereocenters. The van der Waals surface area contributed by atoms with Gasteiger partial charge in [-0.25, -0.2) is 4.79 Å². The summed E-state index contributed by atoms with van der Waals surface area (Å²) in [6.07, 6.45) is 2.31. The van der Waals surface area contributed by atoms with E-state index >= 15 is 0 Å². The van der Waals surface area contributed by atoms with E-state index in [0.29, 0.717) is 54.3 Å². The first kappa shape index (κ1) is 28.0. The predicted molar refractivity (Wildman–Crippen MR) is 148 cm³/mol. The van der Waals surface area contributed by atoms with Crippen molar-refractivity contribution in [3.05, 3.63) is 88.3 Å². The molecule has 202 valence electrons. The summed E-state index contributed by atoms with van der Waals surface area (Å²) >= 11 is 12.2. The number of carbonyl (C=O) groups excluding carboxylic acids is 2. The van der Waals surface area contributed by atoms with Crippen LogP contribution >= 0.6 is 23.2 Å². The van der Waals surface area contributed by atoms with Crippen LogP contribution < -0.4 is 5.32 Å². The van der Waals surface area contributed by atoms with Crippen LogP contribution in [0.15, 0.2) is 71.3 Å². The number of furan rings is 1. The Labute approximate surface area is 233 Å². The Balaban J connectivity index is 1.46. The lowest BCUT2D eigenvalue weighted by molar-refractivity contribution is -0.133. The Morgan fingerprint density at radius 2 is 1.71 bits per heavy atom. The summed E-state index contributed by atoms with van der Waals surface area (Å²) in [4.78, 5) is 32.5. The van der Waals surface area contributed by atoms with E-state index in [4.69, 9.17) is 32.4 Å². The molecule has 4 rings (SSSR count). The number of carbonyl (C=O) groups is 2. The molecule has 0 aliphatic carbocycles. The lowest BCUT2D eigenvalue weighted by Gasteiger charge is -2.30. The van der Waals surface area contributed by atoms with E-state index in [-0.39, 0.29) is 18.5 Å². The largest absolute Gasteiger partial charge is 0.467 e. The standard InChI is InChI=1S/C28H32Cl2N4O4/c29-25-10-9-23(18-26(25)30)31-28(36)33(12-5-11-32-13-16-37-17-14-32)21-27(35)34(20-24-8-4-15-38-24)19-22-6-2-1-3-7-22/h1-4,6-10,15,18H,5,11-14,16-17,19-21H2,(H,31,36). The SMILES string of the molecule is O=C(CN(CCCN1CCOCC1)C(=O)Nc1ccc(Cl)c(Cl)c1)N(Cc1ccccc1)Cc1ccco1. The monoisotopic (exact) mass is 558 g/mol. The molecule has 2 heterocycles. The fourth-order valence-corrected chi connectivity index (χ4v) is 4.53. The second-order valence-corrected chi connectivity index (χ2v) is 9.92. The predicted octanol–water partition coefficient (Wildman–Crippen LogP) is 5.37. The Morgan fingerprint density at radius 1 is 0.921 bits per heavy atom. The molecule has 2 aromatic carbocycles. The van der Waals surface area contributed by atoms with Gasteiger partial charge < -0.3 is 24.3 Å². The molecule has 1 N–H and O–H groups in total. The van der Waals surface area contributed by atoms with Crippen LogP contribution in [0.4, 0.5) is 10.5 Å². The molecule has 3 aromatic rings. The number of urea groups is 1. The van der Waals surface area contributed by atoms with Crippen molar-refractivity contribution in [2.24, 2.45) is 0 Å². The number of amides is 3. The zero-order chi connectivity index (χ0) is 26.7. The summed E-state index contributed by atoms with van der Waals surface area (Å²) < 4.78 is 10.9. The van der Waals surface area contributed by atoms with Crippen molar-refractivity contribution >= 4 is 40.8 Å². The molecule has 10 heteroatoms. The van der Waals surface area contributed by atoms with Gasteiger partial charge in [0.15, 0.2) is 0 Å². The first-order valence-corrected chi connectivity index (χ1v) is 13.4. The maximum absolute atomic E-state index is 13.6. The molecule has 0 radical (unpaired) electrons. The average Bonchev–Trinajstić information content (AvgIpc) is 3.44. The third kappa shape index (κ3) is 8.49. The molecule has 3 amide bonds. The smallest absolute Gasteiger partial charge is 0.322 e. The van der Waals surface area contributed by atoms with E-state index in [1.54, 1.807) is 40.3 Å². The summed E-state index contributed by atoms with van der Waals surface area (Å²) in [6, 6.07) is 17.9. The van der Waals surface area contributed by atoms with Gasteiger partial charge in [-0.2, -0.15) is 0 Å². The van der Waals surface area contributed by atoms with Crippen LogP contribution in [0, 0.1) is 0 Å². The highest BCUT2D eigenvalue weighted by molar-refractivity contribution is 6.42. The summed E-state index contributed by atoms with van der Waals surface area (Å²) in [5.74, 6) is 0.495. The minimum atomic E-state index is -0.378. The van der Waals surface area contributed by atoms with Gasteiger partial charge in [-0.3, -0.25) is 9.69 Å². The number of nitrogens with one attached hydrogen (secondary N) is 1. The van der Waals surface area contributed by atoms with Gasteiger partial charge in [-0.1, -0.05) is 53.5 Å². The number of halogens is 2. The molecule has 1 aliphatic rings. The first-order valence-electron chi connectivity index (χ1n) is 12.6. The summed E-state index contributed by atoms with van der Waals surface area (Å²) in [5.41, 5.74) is 1.50. The minimum Gasteiger partial charge on any atom is -0.467 e. The fourth-order valence-electron chi connectivity index (χ4n) is 4.23. The molecule has 38 heavy (non-hydrogen) atoms. The van der Waals surface area contributed by atoms with Crippen LogP contribution in [-0.4, -0.2) is 72.6 Å². The number of nitrogens with zero attached hydrogens (tertiary/aromatic N) is 3. The van der Waals surface area contributed by atoms with Gasteiger partial charge in [0.05, 0.1) is 36.1 Å². The Hall–Kier alpha value is -3.04. The van der Waals surface area contributed by atoms with Gasteiger partial charge in [0.25, 0.3) is 0 Å². The van der Waals surface area contributed by atoms with Crippen molar-refractivity contribution in [1.29, 1.82) is 0 Å². The number of morpholine rings is 1. The van der Waals surface area contributed by atoms with Gasteiger partial charge in [0.2, 0.25) is 5.91 Å². The topological polar surface area (TPSA) is 78.3 Å². The van der Waals surface area contributed by atoms with Gasteiger partial charge in [0, 0.05) is 38.4 Å². The average molecular weight is 559 g/mol. The number of benzene rings is 2. The van der Waals surface area contributed by atoms with Crippen LogP contribution in [0.2, 0.25) is 10.0 Å². The van der Waals surface area contributed by atoms with E-state index in [1.807, 2.05) is 36.4 Å². The third-order valence-electron chi connectivity index (χ3n) is 6.29. The Bertz CT molecular complexity index is 1170. The zero-order valence-corrected chi connectivity index (χ0v) is 22.7. The Kier molecular flexibility index (Phi) is 10.5. The second kappa shape index (κ2) is 14.2. The van der Waals surface area contributed by atoms with Crippen molar-refractivity contribution in [2.75, 3.05) is 51.3 Å². The zero-order valence-electron chi connectivity index (χ0n) is 21.2. The van der Waals surface area contributed by atoms with E-state index in [1.165, 1.54) is 0 Å². The van der Waals surface area contributed by atoms with Crippen LogP contribution in [0.25, 0.3) is 0 Å². The molecule has 8 nitrogen and oxygen atoms in total. The molecule has 1 saturated heterocycles. The molecular weight excluding hydrogens is 527 g/mol. The van der Waals surface area contributed by atoms with Crippen molar-refractivity contribution in [3.63, 3.8) is 0 Å². The summed E-state index contributed by atoms with van der Waals surface area (Å²) in [6.45, 7) is 4.99. The minimum absolute atomic E-state index is 0.0796. The van der Waals surface area contributed by atoms with Gasteiger partial charge >= 0.3 is 6.03 Å². The molecule has 1 aromatic heterocycles. The highest BCUT2D eigenvalue weighted by atomic mass is 35.5. The molecule has 0 saturated carbocycles. The summed E-state index contributed by atoms with van der Waals surface area (Å²) in [5, 5.41) is 3.60. The van der Waals surface area contributed by atoms with Crippen molar-refractivity contribution in [3.8, 4) is 0 Å². The number of ether oxygens (including phenoxy) is 1. The number of rotatable bonds is 11. The van der Waals surface area contributed by atoms with E-state index in [0.717, 1.165) is 31.6 Å². The molecule has 0 bridgehead atoms. The quantitative estimate of drug-likeness (QED) is 0.342. The van der Waals surface area contributed by atoms with Gasteiger partial charge in [0.1, 0.15) is 12.3 Å². The van der Waals surface area contributed by atoms with Crippen LogP contribution in [0.3, 0.4) is 0 Å². The summed E-state index contributed by atoms with van der Waals surface area (Å²) in [7, 11) is 0. The second-order valence-electron chi connectivity index (χ2n) is 9.10. The van der Waals surface area contributed by atoms with Crippen LogP contribution in [-0.2, 0) is 22.6 Å². The molecule has 1 fully saturated rings. The normalized spacial score (nSPS) is 13.7. The first-order chi connectivity index (χ1) is 18.5. The van der Waals surface area contributed by atoms with Crippen LogP contribution in [0.5, 0.6) is 0 Å². The number of hydrogen-bond acceptors (Lipinski definition) is 5. The van der Waals surface area contributed by atoms with Crippen LogP contribution in [0.1, 0.15) is 17.7 Å². The highest BCUT2D eigenvalue weighted by Crippen LogP contribution is 2.25. The number of hydrogen-bond donors (Lipinski definition) is 1. The Morgan fingerprint density at radius 3 is 2.42 bits per heavy atom. The van der Waals surface area contributed by atoms with Gasteiger partial charge in [-0.15, -0.1) is 0 Å².